The Morgan fingerprint density at radius 2 is 1.19 bits per heavy atom. The molecule has 32 heavy (non-hydrogen) atoms. The van der Waals surface area contributed by atoms with Gasteiger partial charge in [0.25, 0.3) is 0 Å². The number of benzene rings is 4. The van der Waals surface area contributed by atoms with E-state index in [-0.39, 0.29) is 5.97 Å². The molecule has 0 saturated heterocycles. The fourth-order valence-electron chi connectivity index (χ4n) is 3.82. The van der Waals surface area contributed by atoms with Crippen LogP contribution in [0.25, 0.3) is 21.5 Å². The van der Waals surface area contributed by atoms with Gasteiger partial charge in [0.15, 0.2) is 0 Å². The normalized spacial score (nSPS) is 10.5. The van der Waals surface area contributed by atoms with Gasteiger partial charge in [0.1, 0.15) is 0 Å². The van der Waals surface area contributed by atoms with Crippen molar-refractivity contribution in [1.82, 2.24) is 0 Å². The van der Waals surface area contributed by atoms with E-state index in [1.807, 2.05) is 65.0 Å². The van der Waals surface area contributed by atoms with Crippen molar-refractivity contribution >= 4 is 33.5 Å². The predicted molar refractivity (Wildman–Crippen MR) is 130 cm³/mol. The summed E-state index contributed by atoms with van der Waals surface area (Å²) < 4.78 is 5.02. The van der Waals surface area contributed by atoms with E-state index in [1.165, 1.54) is 10.9 Å². The molecule has 0 amide bonds. The van der Waals surface area contributed by atoms with Crippen LogP contribution in [0.1, 0.15) is 49.9 Å². The second-order valence-electron chi connectivity index (χ2n) is 8.06. The number of fused-ring (bicyclic) bond motifs is 2. The summed E-state index contributed by atoms with van der Waals surface area (Å²) in [7, 11) is 0. The molecule has 0 unspecified atom stereocenters. The Balaban J connectivity index is 0.000000182. The molecule has 164 valence electrons. The van der Waals surface area contributed by atoms with Crippen molar-refractivity contribution < 1.29 is 19.4 Å². The third-order valence-corrected chi connectivity index (χ3v) is 5.39. The number of hydrogen-bond donors (Lipinski definition) is 1. The zero-order valence-corrected chi connectivity index (χ0v) is 19.2. The second-order valence-corrected chi connectivity index (χ2v) is 8.06. The smallest absolute Gasteiger partial charge is 0.338 e. The summed E-state index contributed by atoms with van der Waals surface area (Å²) in [6, 6.07) is 19.6. The van der Waals surface area contributed by atoms with Crippen LogP contribution in [0.4, 0.5) is 0 Å². The molecule has 0 aliphatic carbocycles. The third-order valence-electron chi connectivity index (χ3n) is 5.39. The quantitative estimate of drug-likeness (QED) is 0.365. The minimum Gasteiger partial charge on any atom is -0.478 e. The Labute approximate surface area is 188 Å². The lowest BCUT2D eigenvalue weighted by Gasteiger charge is -2.07. The summed E-state index contributed by atoms with van der Waals surface area (Å²) in [5.74, 6) is -1.12. The number of rotatable bonds is 3. The van der Waals surface area contributed by atoms with E-state index in [9.17, 15) is 9.59 Å². The van der Waals surface area contributed by atoms with Gasteiger partial charge in [-0.15, -0.1) is 0 Å². The van der Waals surface area contributed by atoms with E-state index in [0.717, 1.165) is 32.8 Å². The zero-order valence-electron chi connectivity index (χ0n) is 19.2. The molecule has 0 fully saturated rings. The minimum absolute atomic E-state index is 0.251. The summed E-state index contributed by atoms with van der Waals surface area (Å²) in [6.45, 7) is 10.2. The molecule has 1 N–H and O–H groups in total. The highest BCUT2D eigenvalue weighted by Crippen LogP contribution is 2.23. The molecule has 4 heteroatoms. The average Bonchev–Trinajstić information content (AvgIpc) is 2.73. The summed E-state index contributed by atoms with van der Waals surface area (Å²) in [4.78, 5) is 22.6. The van der Waals surface area contributed by atoms with Crippen molar-refractivity contribution in [1.29, 1.82) is 0 Å². The molecule has 4 aromatic carbocycles. The molecular formula is C28H28O4. The topological polar surface area (TPSA) is 63.6 Å². The first-order valence-corrected chi connectivity index (χ1v) is 10.6. The highest BCUT2D eigenvalue weighted by Gasteiger charge is 2.09. The molecule has 4 nitrogen and oxygen atoms in total. The molecule has 0 heterocycles. The summed E-state index contributed by atoms with van der Waals surface area (Å²) in [6.07, 6.45) is 0. The van der Waals surface area contributed by atoms with Gasteiger partial charge in [0, 0.05) is 0 Å². The van der Waals surface area contributed by atoms with E-state index in [0.29, 0.717) is 17.7 Å². The molecule has 0 bridgehead atoms. The van der Waals surface area contributed by atoms with Crippen LogP contribution in [0.15, 0.2) is 60.7 Å². The summed E-state index contributed by atoms with van der Waals surface area (Å²) >= 11 is 0. The van der Waals surface area contributed by atoms with Crippen LogP contribution in [0.2, 0.25) is 0 Å². The van der Waals surface area contributed by atoms with Crippen LogP contribution < -0.4 is 0 Å². The Bertz CT molecular complexity index is 1320. The predicted octanol–water partition coefficient (Wildman–Crippen LogP) is 6.79. The molecule has 4 rings (SSSR count). The van der Waals surface area contributed by atoms with Crippen LogP contribution in [-0.4, -0.2) is 23.7 Å². The van der Waals surface area contributed by atoms with E-state index in [1.54, 1.807) is 12.1 Å². The molecule has 0 atom stereocenters. The van der Waals surface area contributed by atoms with Crippen molar-refractivity contribution in [2.45, 2.75) is 34.6 Å². The van der Waals surface area contributed by atoms with E-state index < -0.39 is 5.97 Å². The number of carboxylic acid groups (broad SMARTS) is 1. The first-order chi connectivity index (χ1) is 15.2. The van der Waals surface area contributed by atoms with Gasteiger partial charge >= 0.3 is 11.9 Å². The van der Waals surface area contributed by atoms with Crippen molar-refractivity contribution in [2.75, 3.05) is 6.61 Å². The Kier molecular flexibility index (Phi) is 6.94. The number of esters is 1. The van der Waals surface area contributed by atoms with Crippen LogP contribution >= 0.6 is 0 Å². The van der Waals surface area contributed by atoms with Crippen LogP contribution in [-0.2, 0) is 4.74 Å². The van der Waals surface area contributed by atoms with Crippen molar-refractivity contribution in [3.8, 4) is 0 Å². The number of carbonyl (C=O) groups is 2. The highest BCUT2D eigenvalue weighted by molar-refractivity contribution is 5.97. The van der Waals surface area contributed by atoms with Gasteiger partial charge < -0.3 is 9.84 Å². The lowest BCUT2D eigenvalue weighted by atomic mass is 10.0. The SMILES string of the molecule is CCOC(=O)c1cc(C)c2ccc(C)cc2c1.Cc1ccc2c(C)cc(C(=O)O)cc2c1. The number of ether oxygens (including phenoxy) is 1. The van der Waals surface area contributed by atoms with Crippen LogP contribution in [0.5, 0.6) is 0 Å². The number of aryl methyl sites for hydroxylation is 4. The zero-order chi connectivity index (χ0) is 23.4. The summed E-state index contributed by atoms with van der Waals surface area (Å²) in [5, 5.41) is 13.3. The van der Waals surface area contributed by atoms with E-state index in [2.05, 4.69) is 18.2 Å². The maximum Gasteiger partial charge on any atom is 0.338 e. The Morgan fingerprint density at radius 1 is 0.719 bits per heavy atom. The van der Waals surface area contributed by atoms with Gasteiger partial charge in [-0.25, -0.2) is 9.59 Å². The summed E-state index contributed by atoms with van der Waals surface area (Å²) in [5.41, 5.74) is 5.42. The lowest BCUT2D eigenvalue weighted by Crippen LogP contribution is -2.04. The Morgan fingerprint density at radius 3 is 1.66 bits per heavy atom. The van der Waals surface area contributed by atoms with Crippen molar-refractivity contribution in [3.05, 3.63) is 94.0 Å². The molecule has 4 aromatic rings. The number of carbonyl (C=O) groups excluding carboxylic acids is 1. The largest absolute Gasteiger partial charge is 0.478 e. The van der Waals surface area contributed by atoms with Gasteiger partial charge in [-0.1, -0.05) is 47.5 Å². The second kappa shape index (κ2) is 9.65. The molecular weight excluding hydrogens is 400 g/mol. The fourth-order valence-corrected chi connectivity index (χ4v) is 3.82. The lowest BCUT2D eigenvalue weighted by molar-refractivity contribution is 0.0526. The molecule has 0 spiro atoms. The first-order valence-electron chi connectivity index (χ1n) is 10.6. The van der Waals surface area contributed by atoms with Gasteiger partial charge in [-0.2, -0.15) is 0 Å². The fraction of sp³-hybridized carbons (Fsp3) is 0.214. The highest BCUT2D eigenvalue weighted by atomic mass is 16.5. The maximum atomic E-state index is 11.7. The molecule has 0 aliphatic heterocycles. The molecule has 0 aromatic heterocycles. The molecule has 0 radical (unpaired) electrons. The maximum absolute atomic E-state index is 11.7. The number of aromatic carboxylic acids is 1. The third kappa shape index (κ3) is 5.14. The Hall–Kier alpha value is -3.66. The van der Waals surface area contributed by atoms with Crippen molar-refractivity contribution in [2.24, 2.45) is 0 Å². The van der Waals surface area contributed by atoms with E-state index >= 15 is 0 Å². The van der Waals surface area contributed by atoms with Crippen LogP contribution in [0, 0.1) is 27.7 Å². The molecule has 0 saturated carbocycles. The van der Waals surface area contributed by atoms with Gasteiger partial charge in [-0.3, -0.25) is 0 Å². The first kappa shape index (κ1) is 23.0. The van der Waals surface area contributed by atoms with Gasteiger partial charge in [0.05, 0.1) is 17.7 Å². The van der Waals surface area contributed by atoms with Crippen molar-refractivity contribution in [3.63, 3.8) is 0 Å². The number of hydrogen-bond acceptors (Lipinski definition) is 3. The monoisotopic (exact) mass is 428 g/mol. The van der Waals surface area contributed by atoms with Crippen LogP contribution in [0.3, 0.4) is 0 Å². The van der Waals surface area contributed by atoms with Gasteiger partial charge in [0.2, 0.25) is 0 Å². The van der Waals surface area contributed by atoms with E-state index in [4.69, 9.17) is 9.84 Å². The molecule has 0 aliphatic rings. The average molecular weight is 429 g/mol. The standard InChI is InChI=1S/C15H16O2.C13H12O2/c1-4-17-15(16)13-8-11(3)14-6-5-10(2)7-12(14)9-13;1-8-3-4-12-9(2)6-11(13(14)15)7-10(12)5-8/h5-9H,4H2,1-3H3;3-7H,1-2H3,(H,14,15). The minimum atomic E-state index is -0.874. The number of carboxylic acids is 1. The van der Waals surface area contributed by atoms with Gasteiger partial charge in [-0.05, 0) is 91.6 Å².